The van der Waals surface area contributed by atoms with Crippen molar-refractivity contribution in [1.29, 1.82) is 0 Å². The van der Waals surface area contributed by atoms with E-state index >= 15 is 0 Å². The molecule has 10 nitrogen and oxygen atoms in total. The molecule has 15 aromatic rings. The molecule has 6 atom stereocenters. The van der Waals surface area contributed by atoms with E-state index in [-0.39, 0.29) is 37.0 Å². The molecule has 0 radical (unpaired) electrons. The van der Waals surface area contributed by atoms with Gasteiger partial charge in [-0.15, -0.1) is 0 Å². The molecule has 0 saturated heterocycles. The van der Waals surface area contributed by atoms with Gasteiger partial charge in [-0.2, -0.15) is 0 Å². The van der Waals surface area contributed by atoms with Crippen LogP contribution in [0.15, 0.2) is 158 Å². The van der Waals surface area contributed by atoms with Crippen LogP contribution < -0.4 is 9.47 Å². The summed E-state index contributed by atoms with van der Waals surface area (Å²) < 4.78 is 47.4. The molecule has 0 aliphatic heterocycles. The first-order valence-corrected chi connectivity index (χ1v) is 45.1. The molecule has 598 valence electrons. The third-order valence-corrected chi connectivity index (χ3v) is 27.4. The van der Waals surface area contributed by atoms with E-state index in [2.05, 4.69) is 172 Å². The van der Waals surface area contributed by atoms with Gasteiger partial charge in [-0.05, 0) is 286 Å². The number of rotatable bonds is 46. The summed E-state index contributed by atoms with van der Waals surface area (Å²) in [5.74, 6) is 3.13. The van der Waals surface area contributed by atoms with Crippen LogP contribution in [0.25, 0.3) is 152 Å². The Kier molecular flexibility index (Phi) is 23.0. The predicted octanol–water partition coefficient (Wildman–Crippen LogP) is 26.7. The molecule has 10 heteroatoms. The summed E-state index contributed by atoms with van der Waals surface area (Å²) in [5.41, 5.74) is 7.51. The van der Waals surface area contributed by atoms with Crippen LogP contribution in [0.3, 0.4) is 0 Å². The number of hydrogen-bond acceptors (Lipinski definition) is 10. The van der Waals surface area contributed by atoms with Gasteiger partial charge in [-0.25, -0.2) is 0 Å². The van der Waals surface area contributed by atoms with Crippen molar-refractivity contribution in [2.75, 3.05) is 79.3 Å². The summed E-state index contributed by atoms with van der Waals surface area (Å²) in [7, 11) is 0. The second-order valence-electron chi connectivity index (χ2n) is 34.9. The second kappa shape index (κ2) is 34.8. The molecule has 0 N–H and O–H groups in total. The zero-order valence-corrected chi connectivity index (χ0v) is 68.4. The maximum atomic E-state index is 12.7. The van der Waals surface area contributed by atoms with E-state index in [0.29, 0.717) is 89.7 Å². The van der Waals surface area contributed by atoms with Crippen LogP contribution in [0, 0.1) is 35.5 Å². The Balaban J connectivity index is 0.666. The highest BCUT2D eigenvalue weighted by Crippen LogP contribution is 2.61. The van der Waals surface area contributed by atoms with Gasteiger partial charge in [0.2, 0.25) is 0 Å². The van der Waals surface area contributed by atoms with Crippen molar-refractivity contribution in [3.05, 3.63) is 169 Å². The van der Waals surface area contributed by atoms with E-state index in [1.807, 2.05) is 0 Å². The number of fused-ring (bicyclic) bond motifs is 10. The Hall–Kier alpha value is -9.16. The van der Waals surface area contributed by atoms with Crippen molar-refractivity contribution in [1.82, 2.24) is 0 Å². The topological polar surface area (TPSA) is 108 Å². The molecule has 0 heterocycles. The van der Waals surface area contributed by atoms with Gasteiger partial charge < -0.3 is 37.9 Å². The number of unbranched alkanes of at least 4 members (excludes halogenated alkanes) is 18. The van der Waals surface area contributed by atoms with Crippen LogP contribution in [0.2, 0.25) is 0 Å². The lowest BCUT2D eigenvalue weighted by Crippen LogP contribution is -2.23. The molecular formula is C106H114O10. The minimum absolute atomic E-state index is 0.00298. The molecule has 116 heavy (non-hydrogen) atoms. The average Bonchev–Trinajstić information content (AvgIpc) is 0.804. The van der Waals surface area contributed by atoms with Gasteiger partial charge >= 0.3 is 11.9 Å². The highest BCUT2D eigenvalue weighted by Gasteiger charge is 2.42. The van der Waals surface area contributed by atoms with Crippen molar-refractivity contribution in [3.63, 3.8) is 0 Å². The zero-order valence-electron chi connectivity index (χ0n) is 68.4. The fourth-order valence-corrected chi connectivity index (χ4v) is 21.8. The summed E-state index contributed by atoms with van der Waals surface area (Å²) in [5, 5.41) is 32.9. The van der Waals surface area contributed by atoms with Gasteiger partial charge in [0, 0.05) is 0 Å². The smallest absolute Gasteiger partial charge is 0.309 e. The van der Waals surface area contributed by atoms with E-state index in [0.717, 1.165) is 72.3 Å². The third kappa shape index (κ3) is 15.0. The first kappa shape index (κ1) is 76.8. The number of hydrogen-bond donors (Lipinski definition) is 0. The number of allylic oxidation sites excluding steroid dienone is 4. The molecule has 4 aliphatic carbocycles. The Morgan fingerprint density at radius 1 is 0.276 bits per heavy atom. The quantitative estimate of drug-likeness (QED) is 0.0120. The first-order valence-electron chi connectivity index (χ1n) is 45.1. The minimum Gasteiger partial charge on any atom is -0.491 e. The highest BCUT2D eigenvalue weighted by atomic mass is 16.6. The zero-order chi connectivity index (χ0) is 78.0. The molecule has 2 fully saturated rings. The molecular weight excluding hydrogens is 1430 g/mol. The number of carbonyl (C=O) groups is 2. The predicted molar refractivity (Wildman–Crippen MR) is 479 cm³/mol. The fourth-order valence-electron chi connectivity index (χ4n) is 21.8. The van der Waals surface area contributed by atoms with Gasteiger partial charge in [0.15, 0.2) is 0 Å². The normalized spacial score (nSPS) is 18.1. The summed E-state index contributed by atoms with van der Waals surface area (Å²) in [4.78, 5) is 25.4. The van der Waals surface area contributed by atoms with Crippen LogP contribution in [0.1, 0.15) is 179 Å². The Bertz CT molecular complexity index is 5590. The van der Waals surface area contributed by atoms with E-state index < -0.39 is 0 Å². The van der Waals surface area contributed by atoms with E-state index in [1.54, 1.807) is 0 Å². The Morgan fingerprint density at radius 2 is 0.560 bits per heavy atom. The first-order chi connectivity index (χ1) is 57.3. The van der Waals surface area contributed by atoms with Crippen LogP contribution in [0.4, 0.5) is 0 Å². The Morgan fingerprint density at radius 3 is 0.879 bits per heavy atom. The van der Waals surface area contributed by atoms with Crippen molar-refractivity contribution in [2.24, 2.45) is 35.5 Å². The second-order valence-corrected chi connectivity index (χ2v) is 34.9. The van der Waals surface area contributed by atoms with Gasteiger partial charge in [-0.1, -0.05) is 239 Å². The molecule has 19 rings (SSSR count). The molecule has 4 aliphatic rings. The number of esters is 2. The van der Waals surface area contributed by atoms with Crippen LogP contribution >= 0.6 is 0 Å². The largest absolute Gasteiger partial charge is 0.491 e. The SMILES string of the molecule is CCCCCCCCCCCCc1cc2c3cccc4c5cc(-c6ccc(OCCOCCOCCOC(=O)C7CC8C=CC7C8)cc6)cc6c7cc(-c8ccc(OCCOCCOCCOC(=O)C9CC%10C=CC9C%10)cc8)cc8c9cccc%10c%11cc(CCCCCCCCCCCC)cc%12c(c1)c2c1c(c34)c(c56)c(c87)c(c%109)c1c%11%12. The molecule has 0 spiro atoms. The maximum absolute atomic E-state index is 12.7. The molecule has 4 bridgehead atoms. The van der Waals surface area contributed by atoms with Crippen molar-refractivity contribution in [2.45, 2.75) is 181 Å². The van der Waals surface area contributed by atoms with Gasteiger partial charge in [0.1, 0.15) is 37.9 Å². The Labute approximate surface area is 682 Å². The van der Waals surface area contributed by atoms with Gasteiger partial charge in [0.05, 0.1) is 64.7 Å². The molecule has 0 aromatic heterocycles. The van der Waals surface area contributed by atoms with Crippen LogP contribution in [-0.2, 0) is 50.9 Å². The highest BCUT2D eigenvalue weighted by molar-refractivity contribution is 6.61. The lowest BCUT2D eigenvalue weighted by Gasteiger charge is -2.30. The minimum atomic E-state index is -0.0924. The maximum Gasteiger partial charge on any atom is 0.309 e. The van der Waals surface area contributed by atoms with E-state index in [4.69, 9.17) is 37.9 Å². The summed E-state index contributed by atoms with van der Waals surface area (Å²) in [6, 6.07) is 52.6. The van der Waals surface area contributed by atoms with E-state index in [1.165, 1.54) is 269 Å². The number of aryl methyl sites for hydroxylation is 2. The fraction of sp³-hybridized carbons (Fsp3) is 0.434. The number of benzene rings is 15. The molecule has 6 unspecified atom stereocenters. The molecule has 0 amide bonds. The van der Waals surface area contributed by atoms with Gasteiger partial charge in [0.25, 0.3) is 0 Å². The van der Waals surface area contributed by atoms with Crippen molar-refractivity contribution >= 4 is 141 Å². The van der Waals surface area contributed by atoms with E-state index in [9.17, 15) is 9.59 Å². The molecule has 2 saturated carbocycles. The summed E-state index contributed by atoms with van der Waals surface area (Å²) in [6.07, 6.45) is 41.5. The monoisotopic (exact) mass is 1550 g/mol. The van der Waals surface area contributed by atoms with Crippen molar-refractivity contribution in [3.8, 4) is 33.8 Å². The van der Waals surface area contributed by atoms with Crippen LogP contribution in [-0.4, -0.2) is 91.2 Å². The van der Waals surface area contributed by atoms with Crippen LogP contribution in [0.5, 0.6) is 11.5 Å². The van der Waals surface area contributed by atoms with Crippen molar-refractivity contribution < 1.29 is 47.5 Å². The molecule has 15 aromatic carbocycles. The summed E-state index contributed by atoms with van der Waals surface area (Å²) in [6.45, 7) is 9.20. The number of ether oxygens (including phenoxy) is 8. The lowest BCUT2D eigenvalue weighted by atomic mass is 9.72. The number of carbonyl (C=O) groups excluding carboxylic acids is 2. The third-order valence-electron chi connectivity index (χ3n) is 27.4. The summed E-state index contributed by atoms with van der Waals surface area (Å²) >= 11 is 0. The average molecular weight is 1550 g/mol. The standard InChI is InChI=1S/C106H114O10/c1-3-5-7-9-11-13-15-17-19-21-25-67-59-85-79-27-23-29-81-89-63-75(71-35-39-77(40-36-71)113-51-47-109-43-45-111-49-53-115-105(107)83-57-69-31-33-73(83)55-69)65-91-92-66-76(72-37-41-78(42-38-72)114-52-48-110-44-46-112-50-54-116-106(108)84-58-70-32-34-74(84)56-70)64-90-82-30-24-28-80-86-60-68(26-22-20-18-16-14-12-10-8-6-4-2)62-88-87(61-67)95(85)101-99(93(79)81)103(97(89)91)104(98(90)92)100(94(80)82)102(101)96(86)88/h23-24,27-42,59-66,69-70,73-74,83-84H,3-22,25-26,43-58H2,1-2H3. The van der Waals surface area contributed by atoms with Gasteiger partial charge in [-0.3, -0.25) is 9.59 Å². The lowest BCUT2D eigenvalue weighted by molar-refractivity contribution is -0.152.